The third kappa shape index (κ3) is 5.87. The van der Waals surface area contributed by atoms with E-state index in [2.05, 4.69) is 44.8 Å². The number of hydrogen-bond donors (Lipinski definition) is 1. The van der Waals surface area contributed by atoms with Crippen molar-refractivity contribution in [3.05, 3.63) is 0 Å². The minimum atomic E-state index is 0.389. The van der Waals surface area contributed by atoms with E-state index in [0.29, 0.717) is 5.41 Å². The van der Waals surface area contributed by atoms with Gasteiger partial charge in [0, 0.05) is 19.1 Å². The molecule has 0 amide bonds. The van der Waals surface area contributed by atoms with Crippen LogP contribution in [-0.4, -0.2) is 37.1 Å². The van der Waals surface area contributed by atoms with Gasteiger partial charge in [-0.2, -0.15) is 0 Å². The van der Waals surface area contributed by atoms with Gasteiger partial charge in [0.05, 0.1) is 0 Å². The molecule has 1 saturated heterocycles. The fourth-order valence-corrected chi connectivity index (χ4v) is 2.70. The highest BCUT2D eigenvalue weighted by Gasteiger charge is 2.26. The van der Waals surface area contributed by atoms with E-state index in [9.17, 15) is 0 Å². The lowest BCUT2D eigenvalue weighted by Gasteiger charge is -2.39. The van der Waals surface area contributed by atoms with E-state index in [1.54, 1.807) is 0 Å². The third-order valence-electron chi connectivity index (χ3n) is 3.73. The lowest BCUT2D eigenvalue weighted by Crippen LogP contribution is -2.46. The maximum Gasteiger partial charge on any atom is 0.00671 e. The van der Waals surface area contributed by atoms with Crippen molar-refractivity contribution in [1.29, 1.82) is 0 Å². The minimum Gasteiger partial charge on any atom is -0.316 e. The summed E-state index contributed by atoms with van der Waals surface area (Å²) in [6.07, 6.45) is 4.19. The lowest BCUT2D eigenvalue weighted by molar-refractivity contribution is 0.104. The molecule has 2 nitrogen and oxygen atoms in total. The summed E-state index contributed by atoms with van der Waals surface area (Å²) in [5.41, 5.74) is 0.389. The number of piperidine rings is 1. The highest BCUT2D eigenvalue weighted by Crippen LogP contribution is 2.23. The fraction of sp³-hybridized carbons (Fsp3) is 1.00. The predicted molar refractivity (Wildman–Crippen MR) is 76.4 cm³/mol. The Balaban J connectivity index is 2.31. The lowest BCUT2D eigenvalue weighted by atomic mass is 9.90. The van der Waals surface area contributed by atoms with Crippen molar-refractivity contribution in [3.8, 4) is 0 Å². The van der Waals surface area contributed by atoms with Crippen LogP contribution in [-0.2, 0) is 0 Å². The quantitative estimate of drug-likeness (QED) is 0.767. The molecule has 1 N–H and O–H groups in total. The van der Waals surface area contributed by atoms with Crippen LogP contribution in [0.25, 0.3) is 0 Å². The van der Waals surface area contributed by atoms with Gasteiger partial charge in [0.1, 0.15) is 0 Å². The summed E-state index contributed by atoms with van der Waals surface area (Å²) in [5, 5.41) is 3.60. The van der Waals surface area contributed by atoms with Crippen LogP contribution in [0.5, 0.6) is 0 Å². The molecule has 2 heteroatoms. The zero-order chi connectivity index (χ0) is 12.9. The Morgan fingerprint density at radius 3 is 2.59 bits per heavy atom. The molecule has 1 unspecified atom stereocenters. The first-order valence-corrected chi connectivity index (χ1v) is 7.35. The first kappa shape index (κ1) is 15.0. The topological polar surface area (TPSA) is 15.3 Å². The van der Waals surface area contributed by atoms with Crippen molar-refractivity contribution in [3.63, 3.8) is 0 Å². The van der Waals surface area contributed by atoms with Gasteiger partial charge < -0.3 is 10.2 Å². The highest BCUT2D eigenvalue weighted by atomic mass is 15.2. The van der Waals surface area contributed by atoms with Crippen LogP contribution in [0.4, 0.5) is 0 Å². The number of hydrogen-bond acceptors (Lipinski definition) is 2. The maximum absolute atomic E-state index is 3.60. The van der Waals surface area contributed by atoms with Crippen molar-refractivity contribution >= 4 is 0 Å². The second kappa shape index (κ2) is 6.75. The van der Waals surface area contributed by atoms with Gasteiger partial charge in [-0.15, -0.1) is 0 Å². The molecule has 102 valence electrons. The Hall–Kier alpha value is -0.0800. The molecule has 1 aliphatic rings. The van der Waals surface area contributed by atoms with Crippen molar-refractivity contribution < 1.29 is 0 Å². The van der Waals surface area contributed by atoms with Gasteiger partial charge in [-0.3, -0.25) is 0 Å². The van der Waals surface area contributed by atoms with Gasteiger partial charge in [-0.1, -0.05) is 34.1 Å². The summed E-state index contributed by atoms with van der Waals surface area (Å²) in [4.78, 5) is 2.68. The molecular formula is C15H32N2. The smallest absolute Gasteiger partial charge is 0.00671 e. The van der Waals surface area contributed by atoms with Crippen molar-refractivity contribution in [2.45, 2.75) is 59.9 Å². The molecule has 0 saturated carbocycles. The van der Waals surface area contributed by atoms with Gasteiger partial charge >= 0.3 is 0 Å². The molecule has 17 heavy (non-hydrogen) atoms. The Morgan fingerprint density at radius 1 is 1.29 bits per heavy atom. The molecule has 0 aromatic rings. The summed E-state index contributed by atoms with van der Waals surface area (Å²) in [7, 11) is 0. The van der Waals surface area contributed by atoms with Crippen molar-refractivity contribution in [2.75, 3.05) is 26.2 Å². The summed E-state index contributed by atoms with van der Waals surface area (Å²) in [6, 6.07) is 0.785. The van der Waals surface area contributed by atoms with Crippen LogP contribution >= 0.6 is 0 Å². The van der Waals surface area contributed by atoms with Gasteiger partial charge in [-0.05, 0) is 44.2 Å². The van der Waals surface area contributed by atoms with Gasteiger partial charge in [0.15, 0.2) is 0 Å². The maximum atomic E-state index is 3.60. The van der Waals surface area contributed by atoms with E-state index in [-0.39, 0.29) is 0 Å². The largest absolute Gasteiger partial charge is 0.316 e. The molecule has 1 heterocycles. The second-order valence-electron chi connectivity index (χ2n) is 7.00. The first-order valence-electron chi connectivity index (χ1n) is 7.35. The summed E-state index contributed by atoms with van der Waals surface area (Å²) in [6.45, 7) is 16.5. The molecule has 1 fully saturated rings. The Morgan fingerprint density at radius 2 is 2.00 bits per heavy atom. The minimum absolute atomic E-state index is 0.389. The molecule has 0 bridgehead atoms. The van der Waals surface area contributed by atoms with Crippen LogP contribution < -0.4 is 5.32 Å². The molecule has 0 spiro atoms. The van der Waals surface area contributed by atoms with Crippen LogP contribution in [0.2, 0.25) is 0 Å². The number of rotatable bonds is 6. The molecule has 1 rings (SSSR count). The highest BCUT2D eigenvalue weighted by molar-refractivity contribution is 4.81. The SMILES string of the molecule is CC(C)CNCC(C)(C)CN1CCCCC1C. The fourth-order valence-electron chi connectivity index (χ4n) is 2.70. The van der Waals surface area contributed by atoms with E-state index >= 15 is 0 Å². The molecule has 0 aromatic carbocycles. The van der Waals surface area contributed by atoms with Crippen LogP contribution in [0.3, 0.4) is 0 Å². The Labute approximate surface area is 108 Å². The summed E-state index contributed by atoms with van der Waals surface area (Å²) >= 11 is 0. The number of nitrogens with zero attached hydrogens (tertiary/aromatic N) is 1. The second-order valence-corrected chi connectivity index (χ2v) is 7.00. The standard InChI is InChI=1S/C15H32N2/c1-13(2)10-16-11-15(4,5)12-17-9-7-6-8-14(17)3/h13-14,16H,6-12H2,1-5H3. The van der Waals surface area contributed by atoms with E-state index in [1.807, 2.05) is 0 Å². The van der Waals surface area contributed by atoms with E-state index in [0.717, 1.165) is 25.0 Å². The molecule has 0 aromatic heterocycles. The molecule has 1 aliphatic heterocycles. The average Bonchev–Trinajstić information content (AvgIpc) is 2.20. The molecular weight excluding hydrogens is 208 g/mol. The normalized spacial score (nSPS) is 23.3. The van der Waals surface area contributed by atoms with Gasteiger partial charge in [-0.25, -0.2) is 0 Å². The van der Waals surface area contributed by atoms with E-state index < -0.39 is 0 Å². The molecule has 1 atom stereocenters. The predicted octanol–water partition coefficient (Wildman–Crippen LogP) is 3.13. The molecule has 0 radical (unpaired) electrons. The van der Waals surface area contributed by atoms with E-state index in [1.165, 1.54) is 32.4 Å². The Bertz CT molecular complexity index is 211. The zero-order valence-electron chi connectivity index (χ0n) is 12.6. The molecule has 0 aliphatic carbocycles. The summed E-state index contributed by atoms with van der Waals surface area (Å²) < 4.78 is 0. The van der Waals surface area contributed by atoms with Gasteiger partial charge in [0.2, 0.25) is 0 Å². The zero-order valence-corrected chi connectivity index (χ0v) is 12.6. The van der Waals surface area contributed by atoms with Gasteiger partial charge in [0.25, 0.3) is 0 Å². The van der Waals surface area contributed by atoms with Crippen molar-refractivity contribution in [1.82, 2.24) is 10.2 Å². The van der Waals surface area contributed by atoms with E-state index in [4.69, 9.17) is 0 Å². The average molecular weight is 240 g/mol. The van der Waals surface area contributed by atoms with Crippen LogP contribution in [0, 0.1) is 11.3 Å². The first-order chi connectivity index (χ1) is 7.91. The van der Waals surface area contributed by atoms with Crippen LogP contribution in [0.1, 0.15) is 53.9 Å². The summed E-state index contributed by atoms with van der Waals surface area (Å²) in [5.74, 6) is 0.750. The van der Waals surface area contributed by atoms with Crippen LogP contribution in [0.15, 0.2) is 0 Å². The monoisotopic (exact) mass is 240 g/mol. The third-order valence-corrected chi connectivity index (χ3v) is 3.73. The number of likely N-dealkylation sites (tertiary alicyclic amines) is 1. The number of nitrogens with one attached hydrogen (secondary N) is 1. The Kier molecular flexibility index (Phi) is 5.94. The van der Waals surface area contributed by atoms with Crippen molar-refractivity contribution in [2.24, 2.45) is 11.3 Å².